The summed E-state index contributed by atoms with van der Waals surface area (Å²) in [6.07, 6.45) is 3.47. The van der Waals surface area contributed by atoms with Gasteiger partial charge in [-0.15, -0.1) is 5.10 Å². The van der Waals surface area contributed by atoms with Crippen molar-refractivity contribution in [2.24, 2.45) is 5.92 Å². The van der Waals surface area contributed by atoms with Crippen LogP contribution in [-0.2, 0) is 6.54 Å². The van der Waals surface area contributed by atoms with E-state index < -0.39 is 0 Å². The summed E-state index contributed by atoms with van der Waals surface area (Å²) in [5.74, 6) is 1.50. The van der Waals surface area contributed by atoms with Crippen LogP contribution in [0.5, 0.6) is 0 Å². The summed E-state index contributed by atoms with van der Waals surface area (Å²) in [4.78, 5) is 2.54. The lowest BCUT2D eigenvalue weighted by Gasteiger charge is -2.19. The molecule has 4 nitrogen and oxygen atoms in total. The zero-order valence-electron chi connectivity index (χ0n) is 8.56. The second kappa shape index (κ2) is 3.05. The largest absolute Gasteiger partial charge is 0.302 e. The molecule has 76 valence electrons. The highest BCUT2D eigenvalue weighted by Gasteiger charge is 2.39. The number of nitrogens with zero attached hydrogens (tertiary/aromatic N) is 4. The zero-order valence-corrected chi connectivity index (χ0v) is 8.56. The van der Waals surface area contributed by atoms with Crippen LogP contribution in [0.1, 0.15) is 25.0 Å². The van der Waals surface area contributed by atoms with Gasteiger partial charge in [-0.25, -0.2) is 0 Å². The van der Waals surface area contributed by atoms with Crippen molar-refractivity contribution < 1.29 is 0 Å². The van der Waals surface area contributed by atoms with E-state index in [0.29, 0.717) is 5.92 Å². The van der Waals surface area contributed by atoms with Crippen molar-refractivity contribution in [3.63, 3.8) is 0 Å². The van der Waals surface area contributed by atoms with E-state index in [4.69, 9.17) is 0 Å². The summed E-state index contributed by atoms with van der Waals surface area (Å²) in [6, 6.07) is 0. The molecule has 2 aliphatic rings. The van der Waals surface area contributed by atoms with Gasteiger partial charge in [0.05, 0.1) is 5.69 Å². The van der Waals surface area contributed by atoms with Crippen LogP contribution in [0.25, 0.3) is 0 Å². The molecule has 2 aliphatic heterocycles. The van der Waals surface area contributed by atoms with E-state index in [1.807, 2.05) is 4.68 Å². The second-order valence-electron chi connectivity index (χ2n) is 4.41. The Bertz CT molecular complexity index is 333. The molecule has 0 amide bonds. The highest BCUT2D eigenvalue weighted by Crippen LogP contribution is 2.38. The van der Waals surface area contributed by atoms with E-state index in [2.05, 4.69) is 28.3 Å². The lowest BCUT2D eigenvalue weighted by Crippen LogP contribution is -2.22. The maximum absolute atomic E-state index is 4.27. The van der Waals surface area contributed by atoms with E-state index in [0.717, 1.165) is 12.5 Å². The summed E-state index contributed by atoms with van der Waals surface area (Å²) < 4.78 is 1.93. The van der Waals surface area contributed by atoms with Crippen molar-refractivity contribution in [2.75, 3.05) is 19.6 Å². The Balaban J connectivity index is 1.82. The minimum atomic E-state index is 0.657. The Kier molecular flexibility index (Phi) is 1.83. The lowest BCUT2D eigenvalue weighted by atomic mass is 9.90. The third-order valence-electron chi connectivity index (χ3n) is 3.59. The Morgan fingerprint density at radius 3 is 3.00 bits per heavy atom. The molecule has 0 aromatic carbocycles. The summed E-state index contributed by atoms with van der Waals surface area (Å²) in [5, 5.41) is 8.39. The molecule has 0 aliphatic carbocycles. The van der Waals surface area contributed by atoms with Crippen LogP contribution in [0.4, 0.5) is 0 Å². The fourth-order valence-electron chi connectivity index (χ4n) is 2.76. The summed E-state index contributed by atoms with van der Waals surface area (Å²) in [7, 11) is 0. The number of rotatable bonds is 2. The molecule has 0 spiro atoms. The van der Waals surface area contributed by atoms with E-state index >= 15 is 0 Å². The Hall–Kier alpha value is -0.900. The zero-order chi connectivity index (χ0) is 9.54. The van der Waals surface area contributed by atoms with Gasteiger partial charge in [-0.05, 0) is 25.8 Å². The highest BCUT2D eigenvalue weighted by atomic mass is 15.4. The molecule has 1 aromatic heterocycles. The first-order valence-corrected chi connectivity index (χ1v) is 5.49. The maximum atomic E-state index is 4.27. The molecule has 2 bridgehead atoms. The standard InChI is InChI=1S/C10H16N4/c1-2-14-7-10(11-12-14)9-6-13-4-3-8(9)5-13/h7-9H,2-6H2,1H3. The number of aromatic nitrogens is 3. The van der Waals surface area contributed by atoms with Gasteiger partial charge in [-0.1, -0.05) is 5.21 Å². The number of fused-ring (bicyclic) bond motifs is 2. The van der Waals surface area contributed by atoms with Gasteiger partial charge in [0.25, 0.3) is 0 Å². The first-order valence-electron chi connectivity index (χ1n) is 5.49. The Morgan fingerprint density at radius 2 is 2.43 bits per heavy atom. The minimum Gasteiger partial charge on any atom is -0.302 e. The molecular weight excluding hydrogens is 176 g/mol. The number of hydrogen-bond donors (Lipinski definition) is 0. The first kappa shape index (κ1) is 8.41. The van der Waals surface area contributed by atoms with Crippen molar-refractivity contribution in [3.05, 3.63) is 11.9 Å². The van der Waals surface area contributed by atoms with E-state index in [1.54, 1.807) is 0 Å². The van der Waals surface area contributed by atoms with Crippen molar-refractivity contribution in [1.29, 1.82) is 0 Å². The molecule has 1 aromatic rings. The van der Waals surface area contributed by atoms with Gasteiger partial charge in [0.2, 0.25) is 0 Å². The van der Waals surface area contributed by atoms with Crippen LogP contribution in [0, 0.1) is 5.92 Å². The third kappa shape index (κ3) is 1.17. The quantitative estimate of drug-likeness (QED) is 0.692. The molecule has 2 saturated heterocycles. The van der Waals surface area contributed by atoms with Crippen molar-refractivity contribution in [3.8, 4) is 0 Å². The smallest absolute Gasteiger partial charge is 0.0874 e. The molecule has 3 rings (SSSR count). The van der Waals surface area contributed by atoms with Crippen molar-refractivity contribution in [2.45, 2.75) is 25.8 Å². The molecule has 0 N–H and O–H groups in total. The predicted octanol–water partition coefficient (Wildman–Crippen LogP) is 0.717. The van der Waals surface area contributed by atoms with Crippen LogP contribution >= 0.6 is 0 Å². The van der Waals surface area contributed by atoms with Gasteiger partial charge in [-0.2, -0.15) is 0 Å². The Labute approximate surface area is 83.9 Å². The first-order chi connectivity index (χ1) is 6.86. The molecule has 0 radical (unpaired) electrons. The van der Waals surface area contributed by atoms with Crippen molar-refractivity contribution in [1.82, 2.24) is 19.9 Å². The molecule has 14 heavy (non-hydrogen) atoms. The van der Waals surface area contributed by atoms with Crippen LogP contribution in [0.2, 0.25) is 0 Å². The number of piperidine rings is 1. The van der Waals surface area contributed by atoms with E-state index in [-0.39, 0.29) is 0 Å². The maximum Gasteiger partial charge on any atom is 0.0874 e. The predicted molar refractivity (Wildman–Crippen MR) is 53.0 cm³/mol. The Morgan fingerprint density at radius 1 is 1.50 bits per heavy atom. The molecule has 3 atom stereocenters. The third-order valence-corrected chi connectivity index (χ3v) is 3.59. The van der Waals surface area contributed by atoms with E-state index in [1.165, 1.54) is 31.7 Å². The fourth-order valence-corrected chi connectivity index (χ4v) is 2.76. The molecular formula is C10H16N4. The number of aryl methyl sites for hydroxylation is 1. The topological polar surface area (TPSA) is 34.0 Å². The average Bonchev–Trinajstić information content (AvgIpc) is 2.93. The van der Waals surface area contributed by atoms with Gasteiger partial charge < -0.3 is 4.90 Å². The molecule has 4 heteroatoms. The van der Waals surface area contributed by atoms with Gasteiger partial charge in [0.1, 0.15) is 0 Å². The van der Waals surface area contributed by atoms with Crippen LogP contribution < -0.4 is 0 Å². The molecule has 3 unspecified atom stereocenters. The summed E-state index contributed by atoms with van der Waals surface area (Å²) in [5.41, 5.74) is 1.21. The average molecular weight is 192 g/mol. The fraction of sp³-hybridized carbons (Fsp3) is 0.800. The summed E-state index contributed by atoms with van der Waals surface area (Å²) in [6.45, 7) is 6.80. The van der Waals surface area contributed by atoms with Crippen LogP contribution in [0.3, 0.4) is 0 Å². The monoisotopic (exact) mass is 192 g/mol. The van der Waals surface area contributed by atoms with Crippen molar-refractivity contribution >= 4 is 0 Å². The normalized spacial score (nSPS) is 35.4. The lowest BCUT2D eigenvalue weighted by molar-refractivity contribution is 0.344. The molecule has 0 saturated carbocycles. The SMILES string of the molecule is CCn1cc(C2CN3CCC2C3)nn1. The minimum absolute atomic E-state index is 0.657. The van der Waals surface area contributed by atoms with E-state index in [9.17, 15) is 0 Å². The van der Waals surface area contributed by atoms with Gasteiger partial charge in [0, 0.05) is 31.7 Å². The van der Waals surface area contributed by atoms with Gasteiger partial charge in [0.15, 0.2) is 0 Å². The number of hydrogen-bond acceptors (Lipinski definition) is 3. The summed E-state index contributed by atoms with van der Waals surface area (Å²) >= 11 is 0. The van der Waals surface area contributed by atoms with Crippen LogP contribution in [-0.4, -0.2) is 39.5 Å². The molecule has 3 heterocycles. The molecule has 2 fully saturated rings. The van der Waals surface area contributed by atoms with Crippen LogP contribution in [0.15, 0.2) is 6.20 Å². The van der Waals surface area contributed by atoms with Gasteiger partial charge >= 0.3 is 0 Å². The second-order valence-corrected chi connectivity index (χ2v) is 4.41. The van der Waals surface area contributed by atoms with Gasteiger partial charge in [-0.3, -0.25) is 4.68 Å². The highest BCUT2D eigenvalue weighted by molar-refractivity contribution is 5.11.